The topological polar surface area (TPSA) is 59.2 Å². The highest BCUT2D eigenvalue weighted by Gasteiger charge is 2.35. The predicted octanol–water partition coefficient (Wildman–Crippen LogP) is 3.85. The maximum atomic E-state index is 12.7. The number of piperidine rings is 1. The number of nitrogens with zero attached hydrogens (tertiary/aromatic N) is 3. The van der Waals surface area contributed by atoms with Gasteiger partial charge in [0.05, 0.1) is 0 Å². The molecule has 2 heterocycles. The molecule has 5 nitrogen and oxygen atoms in total. The lowest BCUT2D eigenvalue weighted by Crippen LogP contribution is -2.49. The van der Waals surface area contributed by atoms with Gasteiger partial charge in [-0.05, 0) is 31.6 Å². The minimum Gasteiger partial charge on any atom is -0.339 e. The summed E-state index contributed by atoms with van der Waals surface area (Å²) in [4.78, 5) is 19.3. The average molecular weight is 339 g/mol. The summed E-state index contributed by atoms with van der Waals surface area (Å²) < 4.78 is 5.33. The van der Waals surface area contributed by atoms with E-state index in [1.165, 1.54) is 32.1 Å². The third-order valence-electron chi connectivity index (χ3n) is 5.62. The summed E-state index contributed by atoms with van der Waals surface area (Å²) in [5.74, 6) is 2.10. The Balaban J connectivity index is 1.36. The lowest BCUT2D eigenvalue weighted by atomic mass is 9.78. The SMILES string of the molecule is O=C(CCc1nc(-c2ccccc2)no1)N1CCC[C@@H]2CCCC[C@H]21. The van der Waals surface area contributed by atoms with Gasteiger partial charge in [-0.25, -0.2) is 0 Å². The van der Waals surface area contributed by atoms with Crippen LogP contribution in [0.25, 0.3) is 11.4 Å². The third kappa shape index (κ3) is 3.60. The normalized spacial score (nSPS) is 23.3. The fourth-order valence-corrected chi connectivity index (χ4v) is 4.35. The second-order valence-electron chi connectivity index (χ2n) is 7.22. The molecule has 1 aliphatic carbocycles. The van der Waals surface area contributed by atoms with Gasteiger partial charge in [-0.2, -0.15) is 4.98 Å². The number of carbonyl (C=O) groups is 1. The Bertz CT molecular complexity index is 711. The van der Waals surface area contributed by atoms with E-state index in [1.54, 1.807) is 0 Å². The average Bonchev–Trinajstić information content (AvgIpc) is 3.15. The van der Waals surface area contributed by atoms with Crippen molar-refractivity contribution in [1.82, 2.24) is 15.0 Å². The zero-order chi connectivity index (χ0) is 17.1. The summed E-state index contributed by atoms with van der Waals surface area (Å²) in [6.07, 6.45) is 8.46. The van der Waals surface area contributed by atoms with E-state index >= 15 is 0 Å². The molecule has 132 valence electrons. The van der Waals surface area contributed by atoms with Gasteiger partial charge >= 0.3 is 0 Å². The highest BCUT2D eigenvalue weighted by atomic mass is 16.5. The molecular formula is C20H25N3O2. The summed E-state index contributed by atoms with van der Waals surface area (Å²) >= 11 is 0. The van der Waals surface area contributed by atoms with Crippen molar-refractivity contribution in [3.05, 3.63) is 36.2 Å². The smallest absolute Gasteiger partial charge is 0.227 e. The van der Waals surface area contributed by atoms with Gasteiger partial charge in [0.25, 0.3) is 0 Å². The molecule has 1 aromatic heterocycles. The number of hydrogen-bond acceptors (Lipinski definition) is 4. The molecule has 0 radical (unpaired) electrons. The van der Waals surface area contributed by atoms with Crippen molar-refractivity contribution in [2.45, 2.75) is 57.4 Å². The molecule has 2 atom stereocenters. The fourth-order valence-electron chi connectivity index (χ4n) is 4.35. The van der Waals surface area contributed by atoms with E-state index in [4.69, 9.17) is 4.52 Å². The van der Waals surface area contributed by atoms with Crippen LogP contribution in [-0.2, 0) is 11.2 Å². The predicted molar refractivity (Wildman–Crippen MR) is 94.7 cm³/mol. The van der Waals surface area contributed by atoms with Crippen molar-refractivity contribution >= 4 is 5.91 Å². The molecule has 1 saturated heterocycles. The van der Waals surface area contributed by atoms with Crippen LogP contribution in [0.5, 0.6) is 0 Å². The summed E-state index contributed by atoms with van der Waals surface area (Å²) in [5, 5.41) is 4.03. The highest BCUT2D eigenvalue weighted by molar-refractivity contribution is 5.76. The molecule has 0 spiro atoms. The van der Waals surface area contributed by atoms with Gasteiger partial charge in [-0.1, -0.05) is 48.3 Å². The quantitative estimate of drug-likeness (QED) is 0.849. The van der Waals surface area contributed by atoms with Crippen LogP contribution < -0.4 is 0 Å². The van der Waals surface area contributed by atoms with E-state index in [1.807, 2.05) is 30.3 Å². The molecule has 0 N–H and O–H groups in total. The standard InChI is InChI=1S/C20H25N3O2/c24-19(23-14-6-10-15-7-4-5-11-17(15)23)13-12-18-21-20(22-25-18)16-8-2-1-3-9-16/h1-3,8-9,15,17H,4-7,10-14H2/t15-,17+/m0/s1. The molecule has 5 heteroatoms. The van der Waals surface area contributed by atoms with Gasteiger partial charge in [0.1, 0.15) is 0 Å². The first-order valence-electron chi connectivity index (χ1n) is 9.49. The van der Waals surface area contributed by atoms with E-state index in [0.717, 1.165) is 24.4 Å². The van der Waals surface area contributed by atoms with Crippen molar-refractivity contribution in [2.75, 3.05) is 6.54 Å². The van der Waals surface area contributed by atoms with Crippen LogP contribution in [0.15, 0.2) is 34.9 Å². The highest BCUT2D eigenvalue weighted by Crippen LogP contribution is 2.35. The molecule has 2 aromatic rings. The van der Waals surface area contributed by atoms with Gasteiger partial charge in [-0.3, -0.25) is 4.79 Å². The van der Waals surface area contributed by atoms with Crippen molar-refractivity contribution in [2.24, 2.45) is 5.92 Å². The number of fused-ring (bicyclic) bond motifs is 1. The first kappa shape index (κ1) is 16.3. The lowest BCUT2D eigenvalue weighted by Gasteiger charge is -2.44. The largest absolute Gasteiger partial charge is 0.339 e. The summed E-state index contributed by atoms with van der Waals surface area (Å²) in [6, 6.07) is 10.2. The molecule has 1 aliphatic heterocycles. The molecule has 0 bridgehead atoms. The monoisotopic (exact) mass is 339 g/mol. The number of benzene rings is 1. The Hall–Kier alpha value is -2.17. The van der Waals surface area contributed by atoms with E-state index in [2.05, 4.69) is 15.0 Å². The van der Waals surface area contributed by atoms with Crippen molar-refractivity contribution < 1.29 is 9.32 Å². The Labute approximate surface area is 148 Å². The van der Waals surface area contributed by atoms with E-state index in [0.29, 0.717) is 30.6 Å². The van der Waals surface area contributed by atoms with Crippen LogP contribution in [0.3, 0.4) is 0 Å². The fraction of sp³-hybridized carbons (Fsp3) is 0.550. The molecule has 1 aromatic carbocycles. The second kappa shape index (κ2) is 7.38. The molecule has 2 aliphatic rings. The Morgan fingerprint density at radius 1 is 1.12 bits per heavy atom. The second-order valence-corrected chi connectivity index (χ2v) is 7.22. The van der Waals surface area contributed by atoms with Crippen LogP contribution >= 0.6 is 0 Å². The number of rotatable bonds is 4. The number of aromatic nitrogens is 2. The van der Waals surface area contributed by atoms with Crippen LogP contribution in [-0.4, -0.2) is 33.5 Å². The van der Waals surface area contributed by atoms with Gasteiger partial charge in [0, 0.05) is 31.0 Å². The Morgan fingerprint density at radius 2 is 1.92 bits per heavy atom. The number of aryl methyl sites for hydroxylation is 1. The molecule has 1 saturated carbocycles. The van der Waals surface area contributed by atoms with Crippen molar-refractivity contribution in [1.29, 1.82) is 0 Å². The number of carbonyl (C=O) groups excluding carboxylic acids is 1. The summed E-state index contributed by atoms with van der Waals surface area (Å²) in [5.41, 5.74) is 0.935. The van der Waals surface area contributed by atoms with Crippen LogP contribution in [0.1, 0.15) is 50.8 Å². The number of hydrogen-bond donors (Lipinski definition) is 0. The van der Waals surface area contributed by atoms with E-state index in [-0.39, 0.29) is 5.91 Å². The third-order valence-corrected chi connectivity index (χ3v) is 5.62. The summed E-state index contributed by atoms with van der Waals surface area (Å²) in [7, 11) is 0. The first-order chi connectivity index (χ1) is 12.3. The minimum absolute atomic E-state index is 0.246. The molecule has 1 amide bonds. The van der Waals surface area contributed by atoms with E-state index < -0.39 is 0 Å². The molecular weight excluding hydrogens is 314 g/mol. The van der Waals surface area contributed by atoms with Crippen molar-refractivity contribution in [3.63, 3.8) is 0 Å². The number of likely N-dealkylation sites (tertiary alicyclic amines) is 1. The maximum absolute atomic E-state index is 12.7. The first-order valence-corrected chi connectivity index (χ1v) is 9.49. The molecule has 4 rings (SSSR count). The minimum atomic E-state index is 0.246. The molecule has 0 unspecified atom stereocenters. The zero-order valence-electron chi connectivity index (χ0n) is 14.6. The van der Waals surface area contributed by atoms with Gasteiger partial charge < -0.3 is 9.42 Å². The zero-order valence-corrected chi connectivity index (χ0v) is 14.6. The molecule has 25 heavy (non-hydrogen) atoms. The van der Waals surface area contributed by atoms with Gasteiger partial charge in [-0.15, -0.1) is 0 Å². The van der Waals surface area contributed by atoms with Gasteiger partial charge in [0.2, 0.25) is 17.6 Å². The van der Waals surface area contributed by atoms with Crippen LogP contribution in [0.2, 0.25) is 0 Å². The Kier molecular flexibility index (Phi) is 4.81. The van der Waals surface area contributed by atoms with Gasteiger partial charge in [0.15, 0.2) is 0 Å². The molecule has 2 fully saturated rings. The number of amides is 1. The Morgan fingerprint density at radius 3 is 2.80 bits per heavy atom. The van der Waals surface area contributed by atoms with Crippen LogP contribution in [0.4, 0.5) is 0 Å². The van der Waals surface area contributed by atoms with Crippen molar-refractivity contribution in [3.8, 4) is 11.4 Å². The maximum Gasteiger partial charge on any atom is 0.227 e. The summed E-state index contributed by atoms with van der Waals surface area (Å²) in [6.45, 7) is 0.916. The van der Waals surface area contributed by atoms with E-state index in [9.17, 15) is 4.79 Å². The van der Waals surface area contributed by atoms with Crippen LogP contribution in [0, 0.1) is 5.92 Å². The lowest BCUT2D eigenvalue weighted by molar-refractivity contribution is -0.137.